The molecule has 0 bridgehead atoms. The maximum absolute atomic E-state index is 12.0. The largest absolute Gasteiger partial charge is 1.00 e. The van der Waals surface area contributed by atoms with Crippen molar-refractivity contribution in [1.82, 2.24) is 0 Å². The second kappa shape index (κ2) is 12.6. The zero-order chi connectivity index (χ0) is 30.0. The zero-order valence-electron chi connectivity index (χ0n) is 20.2. The van der Waals surface area contributed by atoms with Gasteiger partial charge in [-0.25, -0.2) is 4.79 Å². The third-order valence-electron chi connectivity index (χ3n) is 4.98. The molecular weight excluding hydrogens is 660 g/mol. The second-order valence-corrected chi connectivity index (χ2v) is 12.1. The Morgan fingerprint density at radius 1 is 0.829 bits per heavy atom. The molecule has 41 heavy (non-hydrogen) atoms. The van der Waals surface area contributed by atoms with Gasteiger partial charge in [0.1, 0.15) is 27.2 Å². The summed E-state index contributed by atoms with van der Waals surface area (Å²) in [5, 5.41) is 30.8. The van der Waals surface area contributed by atoms with Crippen molar-refractivity contribution in [2.45, 2.75) is 21.6 Å². The third-order valence-corrected chi connectivity index (χ3v) is 7.61. The number of carboxylic acids is 1. The number of aryl methyl sites for hydroxylation is 1. The molecule has 0 atom stereocenters. The number of carboxylic acid groups (broad SMARTS) is 1. The summed E-state index contributed by atoms with van der Waals surface area (Å²) in [6.45, 7) is 1.28. The van der Waals surface area contributed by atoms with E-state index in [1.54, 1.807) is 0 Å². The molecule has 0 aliphatic carbocycles. The molecule has 224 valence electrons. The number of carbonyl (C=O) groups is 1. The first-order valence-electron chi connectivity index (χ1n) is 10.4. The van der Waals surface area contributed by atoms with Crippen LogP contribution in [0.15, 0.2) is 84.6 Å². The number of amidine groups is 1. The summed E-state index contributed by atoms with van der Waals surface area (Å²) < 4.78 is 94.7. The van der Waals surface area contributed by atoms with Gasteiger partial charge in [0.05, 0.1) is 15.4 Å². The Kier molecular flexibility index (Phi) is 10.4. The first-order valence-corrected chi connectivity index (χ1v) is 14.7. The summed E-state index contributed by atoms with van der Waals surface area (Å²) in [7, 11) is -14.0. The fourth-order valence-electron chi connectivity index (χ4n) is 3.11. The van der Waals surface area contributed by atoms with E-state index in [1.165, 1.54) is 19.1 Å². The second-order valence-electron chi connectivity index (χ2n) is 7.78. The Balaban J connectivity index is 0.00000588. The van der Waals surface area contributed by atoms with Gasteiger partial charge in [0.25, 0.3) is 20.2 Å². The molecule has 3 aromatic rings. The first kappa shape index (κ1) is 33.8. The molecule has 0 aromatic heterocycles. The predicted molar refractivity (Wildman–Crippen MR) is 140 cm³/mol. The van der Waals surface area contributed by atoms with Gasteiger partial charge in [-0.3, -0.25) is 9.11 Å². The van der Waals surface area contributed by atoms with Gasteiger partial charge in [-0.1, -0.05) is 23.9 Å². The molecule has 0 aliphatic heterocycles. The van der Waals surface area contributed by atoms with Crippen molar-refractivity contribution in [3.8, 4) is 5.75 Å². The van der Waals surface area contributed by atoms with Crippen LogP contribution in [0.5, 0.6) is 5.75 Å². The smallest absolute Gasteiger partial charge is 0.571 e. The van der Waals surface area contributed by atoms with E-state index in [0.29, 0.717) is 0 Å². The Morgan fingerprint density at radius 2 is 1.46 bits per heavy atom. The fourth-order valence-corrected chi connectivity index (χ4v) is 4.90. The molecule has 0 aliphatic rings. The van der Waals surface area contributed by atoms with Gasteiger partial charge in [-0.15, -0.1) is 10.2 Å². The topological polar surface area (TPSA) is 278 Å². The molecule has 0 amide bonds. The van der Waals surface area contributed by atoms with Crippen LogP contribution in [-0.4, -0.2) is 61.6 Å². The van der Waals surface area contributed by atoms with Gasteiger partial charge in [0.15, 0.2) is 5.84 Å². The van der Waals surface area contributed by atoms with Crippen molar-refractivity contribution in [2.24, 2.45) is 15.3 Å². The molecule has 0 radical (unpaired) electrons. The molecule has 3 rings (SSSR count). The summed E-state index contributed by atoms with van der Waals surface area (Å²) in [5.41, 5.74) is 1.58. The Labute approximate surface area is 244 Å². The monoisotopic (exact) mass is 678 g/mol. The van der Waals surface area contributed by atoms with Crippen LogP contribution in [0.1, 0.15) is 21.5 Å². The molecule has 0 saturated carbocycles. The molecule has 0 heterocycles. The molecule has 20 heteroatoms. The molecule has 3 aromatic carbocycles. The summed E-state index contributed by atoms with van der Waals surface area (Å²) in [5.74, 6) is -2.84. The number of nitrogens with zero attached hydrogens (tertiary/aromatic N) is 4. The number of phenols is 1. The van der Waals surface area contributed by atoms with E-state index in [0.717, 1.165) is 42.5 Å². The maximum atomic E-state index is 12.0. The SMILES string of the molecule is Cc1cc(S(=O)(=O)O)cc([N-]/N=C(\N=Nc2cc(S(O)(O)O)ccc2C(=O)O)c2ccccc2S(=O)(=O)O)c1O.[Cu+]. The number of aromatic carboxylic acids is 1. The number of hydrogen-bond acceptors (Lipinski definition) is 11. The van der Waals surface area contributed by atoms with Crippen molar-refractivity contribution < 1.29 is 71.7 Å². The minimum atomic E-state index is -4.91. The minimum absolute atomic E-state index is 0. The third kappa shape index (κ3) is 8.30. The molecule has 0 fully saturated rings. The van der Waals surface area contributed by atoms with Crippen LogP contribution in [0.25, 0.3) is 5.43 Å². The number of aromatic hydroxyl groups is 1. The van der Waals surface area contributed by atoms with Crippen LogP contribution in [0.3, 0.4) is 0 Å². The standard InChI is InChI=1S/C21H20N4O12S3.Cu/c1-11-8-13(39(32,33)34)10-17(19(11)26)23-25-20(15-4-2-3-5-18(15)40(35,36)37)24-22-16-9-12(38(29,30)31)6-7-14(16)21(27)28;/h2-10H,1H3,(H8,22,23,24,25,26,27,28,29,30,31,32,33,34,35,36,37);/q;+1/p-1. The minimum Gasteiger partial charge on any atom is -0.571 e. The van der Waals surface area contributed by atoms with Crippen LogP contribution in [0.4, 0.5) is 11.4 Å². The molecule has 16 nitrogen and oxygen atoms in total. The zero-order valence-corrected chi connectivity index (χ0v) is 23.6. The van der Waals surface area contributed by atoms with E-state index in [4.69, 9.17) is 0 Å². The molecule has 7 N–H and O–H groups in total. The average molecular weight is 679 g/mol. The van der Waals surface area contributed by atoms with Gasteiger partial charge >= 0.3 is 23.0 Å². The number of benzene rings is 3. The van der Waals surface area contributed by atoms with Crippen LogP contribution in [0, 0.1) is 6.92 Å². The predicted octanol–water partition coefficient (Wildman–Crippen LogP) is 4.62. The van der Waals surface area contributed by atoms with Gasteiger partial charge in [0, 0.05) is 5.56 Å². The van der Waals surface area contributed by atoms with E-state index in [1.807, 2.05) is 0 Å². The van der Waals surface area contributed by atoms with Crippen LogP contribution in [0.2, 0.25) is 0 Å². The van der Waals surface area contributed by atoms with Crippen molar-refractivity contribution in [3.05, 3.63) is 76.7 Å². The van der Waals surface area contributed by atoms with Crippen molar-refractivity contribution in [1.29, 1.82) is 0 Å². The summed E-state index contributed by atoms with van der Waals surface area (Å²) in [4.78, 5) is 9.70. The van der Waals surface area contributed by atoms with Crippen LogP contribution in [-0.2, 0) is 37.3 Å². The summed E-state index contributed by atoms with van der Waals surface area (Å²) in [6.07, 6.45) is 0. The normalized spacial score (nSPS) is 13.1. The number of azo groups is 1. The van der Waals surface area contributed by atoms with E-state index in [-0.39, 0.29) is 22.6 Å². The van der Waals surface area contributed by atoms with Gasteiger partial charge in [0.2, 0.25) is 0 Å². The van der Waals surface area contributed by atoms with Crippen molar-refractivity contribution >= 4 is 54.3 Å². The van der Waals surface area contributed by atoms with Crippen molar-refractivity contribution in [2.75, 3.05) is 0 Å². The van der Waals surface area contributed by atoms with Gasteiger partial charge < -0.3 is 34.4 Å². The molecule has 0 spiro atoms. The molecule has 0 unspecified atom stereocenters. The molecule has 0 saturated heterocycles. The van der Waals surface area contributed by atoms with E-state index < -0.39 is 85.8 Å². The fraction of sp³-hybridized carbons (Fsp3) is 0.0476. The van der Waals surface area contributed by atoms with E-state index in [2.05, 4.69) is 20.8 Å². The van der Waals surface area contributed by atoms with E-state index >= 15 is 0 Å². The van der Waals surface area contributed by atoms with E-state index in [9.17, 15) is 54.6 Å². The summed E-state index contributed by atoms with van der Waals surface area (Å²) >= 11 is 0. The first-order chi connectivity index (χ1) is 18.4. The Morgan fingerprint density at radius 3 is 2.02 bits per heavy atom. The Hall–Kier alpha value is -3.43. The quantitative estimate of drug-likeness (QED) is 0.0429. The number of rotatable bonds is 8. The van der Waals surface area contributed by atoms with Crippen LogP contribution >= 0.6 is 10.9 Å². The number of phenolic OH excluding ortho intramolecular Hbond substituents is 1. The maximum Gasteiger partial charge on any atom is 1.00 e. The van der Waals surface area contributed by atoms with Gasteiger partial charge in [-0.2, -0.15) is 16.8 Å². The Bertz CT molecular complexity index is 1770. The van der Waals surface area contributed by atoms with Gasteiger partial charge in [-0.05, 0) is 48.9 Å². The number of hydrogen-bond donors (Lipinski definition) is 7. The average Bonchev–Trinajstić information content (AvgIpc) is 2.84. The van der Waals surface area contributed by atoms with Crippen molar-refractivity contribution in [3.63, 3.8) is 0 Å². The summed E-state index contributed by atoms with van der Waals surface area (Å²) in [6, 6.07) is 8.85. The molecular formula is C21H19CuN4O12S3. The van der Waals surface area contributed by atoms with Crippen LogP contribution < -0.4 is 0 Å².